The van der Waals surface area contributed by atoms with Crippen molar-refractivity contribution in [3.8, 4) is 0 Å². The maximum atomic E-state index is 13.5. The summed E-state index contributed by atoms with van der Waals surface area (Å²) >= 11 is 0. The molecular formula is C19H22FN3O2. The number of oxazole rings is 1. The number of anilines is 1. The van der Waals surface area contributed by atoms with Crippen molar-refractivity contribution >= 4 is 11.6 Å². The molecule has 1 aliphatic heterocycles. The Kier molecular flexibility index (Phi) is 4.19. The second-order valence-corrected chi connectivity index (χ2v) is 6.98. The molecule has 1 aromatic heterocycles. The van der Waals surface area contributed by atoms with Gasteiger partial charge in [-0.25, -0.2) is 9.37 Å². The Bertz CT molecular complexity index is 785. The van der Waals surface area contributed by atoms with Crippen molar-refractivity contribution in [2.45, 2.75) is 44.6 Å². The first-order valence-electron chi connectivity index (χ1n) is 8.89. The molecule has 0 bridgehead atoms. The van der Waals surface area contributed by atoms with Crippen LogP contribution in [-0.2, 0) is 0 Å². The first-order valence-corrected chi connectivity index (χ1v) is 8.89. The summed E-state index contributed by atoms with van der Waals surface area (Å²) in [5.41, 5.74) is 1.50. The zero-order valence-corrected chi connectivity index (χ0v) is 14.3. The molecule has 1 saturated carbocycles. The third kappa shape index (κ3) is 3.52. The predicted octanol–water partition coefficient (Wildman–Crippen LogP) is 3.40. The van der Waals surface area contributed by atoms with Gasteiger partial charge in [-0.15, -0.1) is 0 Å². The average molecular weight is 343 g/mol. The summed E-state index contributed by atoms with van der Waals surface area (Å²) in [7, 11) is 0. The van der Waals surface area contributed by atoms with Gasteiger partial charge in [-0.1, -0.05) is 6.07 Å². The number of piperidine rings is 1. The lowest BCUT2D eigenvalue weighted by Gasteiger charge is -2.34. The number of carbonyl (C=O) groups excluding carboxylic acids is 1. The van der Waals surface area contributed by atoms with E-state index in [1.807, 2.05) is 13.0 Å². The maximum absolute atomic E-state index is 13.5. The van der Waals surface area contributed by atoms with Crippen LogP contribution in [0.3, 0.4) is 0 Å². The highest BCUT2D eigenvalue weighted by atomic mass is 19.1. The molecule has 1 saturated heterocycles. The van der Waals surface area contributed by atoms with E-state index in [9.17, 15) is 9.18 Å². The maximum Gasteiger partial charge on any atom is 0.289 e. The molecule has 25 heavy (non-hydrogen) atoms. The van der Waals surface area contributed by atoms with Crippen LogP contribution in [-0.4, -0.2) is 30.0 Å². The highest BCUT2D eigenvalue weighted by Gasteiger charge is 2.31. The summed E-state index contributed by atoms with van der Waals surface area (Å²) < 4.78 is 19.1. The van der Waals surface area contributed by atoms with E-state index in [4.69, 9.17) is 4.42 Å². The molecule has 0 radical (unpaired) electrons. The summed E-state index contributed by atoms with van der Waals surface area (Å²) in [5, 5.41) is 3.05. The fraction of sp³-hybridized carbons (Fsp3) is 0.474. The molecule has 132 valence electrons. The van der Waals surface area contributed by atoms with Crippen LogP contribution < -0.4 is 10.2 Å². The lowest BCUT2D eigenvalue weighted by Crippen LogP contribution is -2.47. The van der Waals surface area contributed by atoms with Crippen molar-refractivity contribution in [3.05, 3.63) is 47.4 Å². The van der Waals surface area contributed by atoms with Crippen LogP contribution in [0.5, 0.6) is 0 Å². The predicted molar refractivity (Wildman–Crippen MR) is 92.3 cm³/mol. The van der Waals surface area contributed by atoms with E-state index in [1.54, 1.807) is 6.07 Å². The second kappa shape index (κ2) is 6.50. The van der Waals surface area contributed by atoms with Gasteiger partial charge in [0.2, 0.25) is 5.76 Å². The number of aromatic nitrogens is 1. The van der Waals surface area contributed by atoms with Crippen LogP contribution in [0.4, 0.5) is 10.1 Å². The van der Waals surface area contributed by atoms with Crippen LogP contribution in [0, 0.1) is 12.7 Å². The lowest BCUT2D eigenvalue weighted by atomic mass is 10.0. The minimum absolute atomic E-state index is 0.0124. The molecule has 1 atom stereocenters. The number of hydrogen-bond acceptors (Lipinski definition) is 4. The number of amides is 1. The van der Waals surface area contributed by atoms with E-state index in [0.717, 1.165) is 37.9 Å². The van der Waals surface area contributed by atoms with Gasteiger partial charge < -0.3 is 14.6 Å². The number of benzene rings is 1. The minimum Gasteiger partial charge on any atom is -0.435 e. The van der Waals surface area contributed by atoms with Crippen molar-refractivity contribution in [2.24, 2.45) is 0 Å². The molecule has 4 rings (SSSR count). The highest BCUT2D eigenvalue weighted by molar-refractivity contribution is 5.92. The molecule has 2 aliphatic rings. The number of rotatable bonds is 4. The summed E-state index contributed by atoms with van der Waals surface area (Å²) in [5.74, 6) is 0.951. The number of nitrogens with zero attached hydrogens (tertiary/aromatic N) is 2. The number of carbonyl (C=O) groups is 1. The molecule has 6 heteroatoms. The smallest absolute Gasteiger partial charge is 0.289 e. The monoisotopic (exact) mass is 343 g/mol. The van der Waals surface area contributed by atoms with Crippen molar-refractivity contribution in [3.63, 3.8) is 0 Å². The fourth-order valence-electron chi connectivity index (χ4n) is 3.39. The second-order valence-electron chi connectivity index (χ2n) is 6.98. The number of hydrogen-bond donors (Lipinski definition) is 1. The van der Waals surface area contributed by atoms with Crippen molar-refractivity contribution in [1.82, 2.24) is 10.3 Å². The third-order valence-electron chi connectivity index (χ3n) is 4.88. The molecule has 5 nitrogen and oxygen atoms in total. The summed E-state index contributed by atoms with van der Waals surface area (Å²) in [6, 6.07) is 6.60. The van der Waals surface area contributed by atoms with Crippen molar-refractivity contribution in [1.29, 1.82) is 0 Å². The molecule has 2 heterocycles. The van der Waals surface area contributed by atoms with Gasteiger partial charge in [-0.3, -0.25) is 4.79 Å². The van der Waals surface area contributed by atoms with E-state index < -0.39 is 0 Å². The third-order valence-corrected chi connectivity index (χ3v) is 4.88. The molecule has 1 amide bonds. The first-order chi connectivity index (χ1) is 12.1. The summed E-state index contributed by atoms with van der Waals surface area (Å²) in [6.45, 7) is 3.34. The number of aryl methyl sites for hydroxylation is 1. The lowest BCUT2D eigenvalue weighted by molar-refractivity contribution is 0.0902. The van der Waals surface area contributed by atoms with Crippen molar-refractivity contribution < 1.29 is 13.6 Å². The normalized spacial score (nSPS) is 20.6. The molecule has 1 aromatic carbocycles. The van der Waals surface area contributed by atoms with Gasteiger partial charge >= 0.3 is 0 Å². The zero-order chi connectivity index (χ0) is 17.4. The zero-order valence-electron chi connectivity index (χ0n) is 14.3. The molecule has 2 fully saturated rings. The Balaban J connectivity index is 1.42. The van der Waals surface area contributed by atoms with Gasteiger partial charge in [0.05, 0.1) is 5.69 Å². The Morgan fingerprint density at radius 3 is 2.96 bits per heavy atom. The van der Waals surface area contributed by atoms with Crippen LogP contribution in [0.2, 0.25) is 0 Å². The quantitative estimate of drug-likeness (QED) is 0.924. The minimum atomic E-state index is -0.242. The first kappa shape index (κ1) is 16.1. The van der Waals surface area contributed by atoms with Crippen LogP contribution in [0.1, 0.15) is 53.7 Å². The Morgan fingerprint density at radius 1 is 1.36 bits per heavy atom. The van der Waals surface area contributed by atoms with E-state index in [-0.39, 0.29) is 17.8 Å². The Morgan fingerprint density at radius 2 is 2.20 bits per heavy atom. The summed E-state index contributed by atoms with van der Waals surface area (Å²) in [4.78, 5) is 19.1. The number of halogens is 1. The van der Waals surface area contributed by atoms with E-state index >= 15 is 0 Å². The largest absolute Gasteiger partial charge is 0.435 e. The molecule has 1 unspecified atom stereocenters. The van der Waals surface area contributed by atoms with Crippen molar-refractivity contribution in [2.75, 3.05) is 18.0 Å². The standard InChI is InChI=1S/C19H22FN3O2/c1-12-17(25-19(21-12)13-7-8-13)18(24)22-15-5-3-9-23(11-15)16-6-2-4-14(20)10-16/h2,4,6,10,13,15H,3,5,7-9,11H2,1H3,(H,22,24). The number of nitrogens with one attached hydrogen (secondary N) is 1. The molecule has 0 spiro atoms. The topological polar surface area (TPSA) is 58.4 Å². The van der Waals surface area contributed by atoms with Crippen LogP contribution in [0.25, 0.3) is 0 Å². The average Bonchev–Trinajstić information content (AvgIpc) is 3.37. The molecular weight excluding hydrogens is 321 g/mol. The van der Waals surface area contributed by atoms with Gasteiger partial charge in [-0.2, -0.15) is 0 Å². The van der Waals surface area contributed by atoms with E-state index in [2.05, 4.69) is 15.2 Å². The Hall–Kier alpha value is -2.37. The van der Waals surface area contributed by atoms with Gasteiger partial charge in [0.15, 0.2) is 5.89 Å². The molecule has 1 aliphatic carbocycles. The fourth-order valence-corrected chi connectivity index (χ4v) is 3.39. The molecule has 2 aromatic rings. The van der Waals surface area contributed by atoms with Crippen LogP contribution >= 0.6 is 0 Å². The Labute approximate surface area is 146 Å². The van der Waals surface area contributed by atoms with Gasteiger partial charge in [0.25, 0.3) is 5.91 Å². The van der Waals surface area contributed by atoms with E-state index in [0.29, 0.717) is 29.8 Å². The molecule has 1 N–H and O–H groups in total. The summed E-state index contributed by atoms with van der Waals surface area (Å²) in [6.07, 6.45) is 4.03. The van der Waals surface area contributed by atoms with E-state index in [1.165, 1.54) is 12.1 Å². The van der Waals surface area contributed by atoms with Gasteiger partial charge in [0, 0.05) is 30.7 Å². The van der Waals surface area contributed by atoms with Gasteiger partial charge in [-0.05, 0) is 50.8 Å². The highest BCUT2D eigenvalue weighted by Crippen LogP contribution is 2.40. The SMILES string of the molecule is Cc1nc(C2CC2)oc1C(=O)NC1CCCN(c2cccc(F)c2)C1. The van der Waals surface area contributed by atoms with Gasteiger partial charge in [0.1, 0.15) is 5.82 Å². The van der Waals surface area contributed by atoms with Crippen LogP contribution in [0.15, 0.2) is 28.7 Å².